The Morgan fingerprint density at radius 1 is 1.22 bits per heavy atom. The first-order chi connectivity index (χ1) is 8.53. The van der Waals surface area contributed by atoms with E-state index in [1.807, 2.05) is 13.8 Å². The maximum absolute atomic E-state index is 12.1. The Hall–Kier alpha value is -1.68. The van der Waals surface area contributed by atoms with Crippen molar-refractivity contribution >= 4 is 11.8 Å². The lowest BCUT2D eigenvalue weighted by atomic mass is 10.0. The fourth-order valence-corrected chi connectivity index (χ4v) is 2.41. The molecule has 0 aromatic heterocycles. The summed E-state index contributed by atoms with van der Waals surface area (Å²) in [7, 11) is 0. The minimum atomic E-state index is -0.187. The van der Waals surface area contributed by atoms with Gasteiger partial charge in [0, 0.05) is 6.54 Å². The first kappa shape index (κ1) is 11.4. The highest BCUT2D eigenvalue weighted by Crippen LogP contribution is 2.39. The van der Waals surface area contributed by atoms with Crippen LogP contribution in [0.5, 0.6) is 0 Å². The average Bonchev–Trinajstić information content (AvgIpc) is 2.88. The Labute approximate surface area is 106 Å². The smallest absolute Gasteiger partial charge is 0.261 e. The molecule has 94 valence electrons. The number of hydrogen-bond donors (Lipinski definition) is 0. The van der Waals surface area contributed by atoms with Crippen LogP contribution >= 0.6 is 0 Å². The molecule has 0 radical (unpaired) electrons. The summed E-state index contributed by atoms with van der Waals surface area (Å²) >= 11 is 0. The zero-order chi connectivity index (χ0) is 12.9. The number of amides is 2. The van der Waals surface area contributed by atoms with E-state index in [4.69, 9.17) is 4.74 Å². The Morgan fingerprint density at radius 3 is 2.17 bits per heavy atom. The molecule has 1 saturated heterocycles. The highest BCUT2D eigenvalue weighted by Gasteiger charge is 2.49. The van der Waals surface area contributed by atoms with Crippen molar-refractivity contribution < 1.29 is 14.3 Å². The Balaban J connectivity index is 1.76. The summed E-state index contributed by atoms with van der Waals surface area (Å²) in [5, 5.41) is 0. The van der Waals surface area contributed by atoms with Crippen molar-refractivity contribution in [2.24, 2.45) is 0 Å². The number of hydrogen-bond acceptors (Lipinski definition) is 3. The van der Waals surface area contributed by atoms with Crippen LogP contribution in [0, 0.1) is 0 Å². The molecule has 3 rings (SSSR count). The van der Waals surface area contributed by atoms with Crippen molar-refractivity contribution in [1.82, 2.24) is 4.90 Å². The highest BCUT2D eigenvalue weighted by molar-refractivity contribution is 6.21. The van der Waals surface area contributed by atoms with Crippen LogP contribution in [0.3, 0.4) is 0 Å². The number of carbonyl (C=O) groups excluding carboxylic acids is 2. The van der Waals surface area contributed by atoms with Crippen LogP contribution in [-0.2, 0) is 4.74 Å². The van der Waals surface area contributed by atoms with Gasteiger partial charge in [-0.05, 0) is 32.4 Å². The predicted octanol–water partition coefficient (Wildman–Crippen LogP) is 1.85. The largest absolute Gasteiger partial charge is 0.367 e. The molecule has 4 nitrogen and oxygen atoms in total. The van der Waals surface area contributed by atoms with Gasteiger partial charge in [0.25, 0.3) is 11.8 Å². The number of ether oxygens (including phenoxy) is 1. The normalized spacial score (nSPS) is 29.7. The summed E-state index contributed by atoms with van der Waals surface area (Å²) in [4.78, 5) is 25.5. The van der Waals surface area contributed by atoms with Crippen LogP contribution in [0.25, 0.3) is 0 Å². The van der Waals surface area contributed by atoms with E-state index < -0.39 is 0 Å². The topological polar surface area (TPSA) is 49.9 Å². The van der Waals surface area contributed by atoms with Crippen molar-refractivity contribution in [3.63, 3.8) is 0 Å². The van der Waals surface area contributed by atoms with Crippen molar-refractivity contribution in [3.05, 3.63) is 35.4 Å². The number of nitrogens with zero attached hydrogens (tertiary/aromatic N) is 1. The van der Waals surface area contributed by atoms with Gasteiger partial charge in [-0.15, -0.1) is 0 Å². The second-order valence-electron chi connectivity index (χ2n) is 5.13. The lowest BCUT2D eigenvalue weighted by Crippen LogP contribution is -2.33. The number of fused-ring (bicyclic) bond motifs is 1. The molecular formula is C14H15NO3. The van der Waals surface area contributed by atoms with Crippen LogP contribution < -0.4 is 0 Å². The van der Waals surface area contributed by atoms with Crippen LogP contribution in [-0.4, -0.2) is 35.0 Å². The van der Waals surface area contributed by atoms with E-state index in [-0.39, 0.29) is 23.5 Å². The molecule has 0 saturated carbocycles. The molecule has 18 heavy (non-hydrogen) atoms. The monoisotopic (exact) mass is 245 g/mol. The molecule has 2 aliphatic heterocycles. The van der Waals surface area contributed by atoms with E-state index in [9.17, 15) is 9.59 Å². The Morgan fingerprint density at radius 2 is 1.72 bits per heavy atom. The van der Waals surface area contributed by atoms with E-state index in [1.54, 1.807) is 24.3 Å². The van der Waals surface area contributed by atoms with Gasteiger partial charge in [0.1, 0.15) is 0 Å². The van der Waals surface area contributed by atoms with Gasteiger partial charge in [0.05, 0.1) is 22.8 Å². The maximum Gasteiger partial charge on any atom is 0.261 e. The molecule has 1 aromatic rings. The van der Waals surface area contributed by atoms with Gasteiger partial charge in [-0.1, -0.05) is 12.1 Å². The highest BCUT2D eigenvalue weighted by atomic mass is 16.6. The summed E-state index contributed by atoms with van der Waals surface area (Å²) in [6, 6.07) is 6.96. The minimum Gasteiger partial charge on any atom is -0.367 e. The molecule has 2 aliphatic rings. The van der Waals surface area contributed by atoms with Gasteiger partial charge < -0.3 is 4.74 Å². The van der Waals surface area contributed by atoms with Crippen molar-refractivity contribution in [1.29, 1.82) is 0 Å². The van der Waals surface area contributed by atoms with Crippen LogP contribution in [0.1, 0.15) is 41.0 Å². The number of benzene rings is 1. The van der Waals surface area contributed by atoms with Gasteiger partial charge in [0.2, 0.25) is 0 Å². The first-order valence-corrected chi connectivity index (χ1v) is 6.16. The number of epoxide rings is 1. The molecule has 0 N–H and O–H groups in total. The third kappa shape index (κ3) is 1.56. The van der Waals surface area contributed by atoms with Gasteiger partial charge in [-0.3, -0.25) is 14.5 Å². The summed E-state index contributed by atoms with van der Waals surface area (Å²) < 4.78 is 5.46. The second kappa shape index (κ2) is 3.65. The molecule has 2 unspecified atom stereocenters. The summed E-state index contributed by atoms with van der Waals surface area (Å²) in [6.45, 7) is 4.44. The Kier molecular flexibility index (Phi) is 2.32. The molecule has 1 fully saturated rings. The summed E-state index contributed by atoms with van der Waals surface area (Å²) in [5.74, 6) is -0.375. The van der Waals surface area contributed by atoms with Crippen LogP contribution in [0.15, 0.2) is 24.3 Å². The standard InChI is InChI=1S/C14H15NO3/c1-9-14(2,18-9)7-8-15-12(16)10-5-3-4-6-11(10)13(15)17/h3-6,9H,7-8H2,1-2H3. The van der Waals surface area contributed by atoms with E-state index in [0.717, 1.165) is 0 Å². The molecular weight excluding hydrogens is 230 g/mol. The quantitative estimate of drug-likeness (QED) is 0.603. The molecule has 0 bridgehead atoms. The zero-order valence-electron chi connectivity index (χ0n) is 10.5. The predicted molar refractivity (Wildman–Crippen MR) is 65.4 cm³/mol. The number of rotatable bonds is 3. The third-order valence-electron chi connectivity index (χ3n) is 3.96. The van der Waals surface area contributed by atoms with Crippen LogP contribution in [0.2, 0.25) is 0 Å². The van der Waals surface area contributed by atoms with Gasteiger partial charge in [-0.2, -0.15) is 0 Å². The van der Waals surface area contributed by atoms with Crippen LogP contribution in [0.4, 0.5) is 0 Å². The molecule has 4 heteroatoms. The van der Waals surface area contributed by atoms with E-state index in [2.05, 4.69) is 0 Å². The molecule has 2 atom stereocenters. The lowest BCUT2D eigenvalue weighted by molar-refractivity contribution is 0.0643. The molecule has 0 spiro atoms. The SMILES string of the molecule is CC1OC1(C)CCN1C(=O)c2ccccc2C1=O. The Bertz CT molecular complexity index is 505. The average molecular weight is 245 g/mol. The van der Waals surface area contributed by atoms with Gasteiger partial charge in [0.15, 0.2) is 0 Å². The summed E-state index contributed by atoms with van der Waals surface area (Å²) in [6.07, 6.45) is 0.910. The minimum absolute atomic E-state index is 0.171. The van der Waals surface area contributed by atoms with E-state index in [1.165, 1.54) is 4.90 Å². The van der Waals surface area contributed by atoms with Crippen molar-refractivity contribution in [2.75, 3.05) is 6.54 Å². The maximum atomic E-state index is 12.1. The number of carbonyl (C=O) groups is 2. The molecule has 1 aromatic carbocycles. The van der Waals surface area contributed by atoms with E-state index >= 15 is 0 Å². The number of imide groups is 1. The lowest BCUT2D eigenvalue weighted by Gasteiger charge is -2.15. The fraction of sp³-hybridized carbons (Fsp3) is 0.429. The van der Waals surface area contributed by atoms with Crippen molar-refractivity contribution in [2.45, 2.75) is 32.0 Å². The molecule has 2 amide bonds. The third-order valence-corrected chi connectivity index (χ3v) is 3.96. The van der Waals surface area contributed by atoms with Crippen molar-refractivity contribution in [3.8, 4) is 0 Å². The van der Waals surface area contributed by atoms with Gasteiger partial charge >= 0.3 is 0 Å². The molecule has 0 aliphatic carbocycles. The van der Waals surface area contributed by atoms with Gasteiger partial charge in [-0.25, -0.2) is 0 Å². The fourth-order valence-electron chi connectivity index (χ4n) is 2.41. The van der Waals surface area contributed by atoms with E-state index in [0.29, 0.717) is 24.1 Å². The zero-order valence-corrected chi connectivity index (χ0v) is 10.5. The first-order valence-electron chi connectivity index (χ1n) is 6.16. The summed E-state index contributed by atoms with van der Waals surface area (Å²) in [5.41, 5.74) is 0.852. The second-order valence-corrected chi connectivity index (χ2v) is 5.13. The molecule has 2 heterocycles.